The summed E-state index contributed by atoms with van der Waals surface area (Å²) >= 11 is 7.70. The van der Waals surface area contributed by atoms with Crippen LogP contribution in [-0.4, -0.2) is 4.98 Å². The van der Waals surface area contributed by atoms with E-state index in [1.807, 2.05) is 42.5 Å². The third kappa shape index (κ3) is 1.46. The summed E-state index contributed by atoms with van der Waals surface area (Å²) in [6, 6.07) is 13.4. The molecule has 0 radical (unpaired) electrons. The van der Waals surface area contributed by atoms with Crippen molar-refractivity contribution in [3.63, 3.8) is 0 Å². The maximum atomic E-state index is 12.4. The zero-order valence-electron chi connectivity index (χ0n) is 9.74. The molecule has 0 amide bonds. The van der Waals surface area contributed by atoms with Crippen molar-refractivity contribution in [3.05, 3.63) is 67.6 Å². The highest BCUT2D eigenvalue weighted by molar-refractivity contribution is 7.16. The summed E-state index contributed by atoms with van der Waals surface area (Å²) in [7, 11) is 0. The van der Waals surface area contributed by atoms with E-state index in [4.69, 9.17) is 11.6 Å². The van der Waals surface area contributed by atoms with Crippen molar-refractivity contribution in [2.24, 2.45) is 0 Å². The third-order valence-electron chi connectivity index (χ3n) is 3.31. The maximum Gasteiger partial charge on any atom is 0.205 e. The number of H-pyrrole nitrogens is 1. The Hall–Kier alpha value is -1.84. The van der Waals surface area contributed by atoms with Gasteiger partial charge in [0.25, 0.3) is 0 Å². The zero-order valence-corrected chi connectivity index (χ0v) is 11.3. The lowest BCUT2D eigenvalue weighted by Gasteiger charge is -1.99. The van der Waals surface area contributed by atoms with Crippen LogP contribution in [0.25, 0.3) is 21.0 Å². The van der Waals surface area contributed by atoms with Gasteiger partial charge in [0.2, 0.25) is 5.43 Å². The molecule has 4 heteroatoms. The first-order chi connectivity index (χ1) is 9.25. The zero-order chi connectivity index (χ0) is 13.0. The highest BCUT2D eigenvalue weighted by Crippen LogP contribution is 2.26. The molecule has 0 spiro atoms. The molecule has 0 saturated heterocycles. The molecule has 0 atom stereocenters. The van der Waals surface area contributed by atoms with Crippen LogP contribution in [0.5, 0.6) is 0 Å². The fourth-order valence-electron chi connectivity index (χ4n) is 2.42. The van der Waals surface area contributed by atoms with E-state index in [0.717, 1.165) is 30.9 Å². The summed E-state index contributed by atoms with van der Waals surface area (Å²) in [5.41, 5.74) is 0.978. The molecule has 0 fully saturated rings. The van der Waals surface area contributed by atoms with E-state index in [1.54, 1.807) is 0 Å². The van der Waals surface area contributed by atoms with Crippen LogP contribution in [0.4, 0.5) is 0 Å². The van der Waals surface area contributed by atoms with Crippen LogP contribution in [0, 0.1) is 9.88 Å². The second-order valence-corrected chi connectivity index (χ2v) is 5.88. The quantitative estimate of drug-likeness (QED) is 0.518. The van der Waals surface area contributed by atoms with E-state index in [-0.39, 0.29) is 5.43 Å². The Bertz CT molecular complexity index is 1050. The molecule has 1 aliphatic carbocycles. The number of para-hydroxylation sites is 1. The Balaban J connectivity index is 2.40. The predicted molar refractivity (Wildman–Crippen MR) is 80.3 cm³/mol. The van der Waals surface area contributed by atoms with Crippen molar-refractivity contribution >= 4 is 43.9 Å². The first kappa shape index (κ1) is 11.0. The minimum Gasteiger partial charge on any atom is -0.351 e. The maximum absolute atomic E-state index is 12.4. The highest BCUT2D eigenvalue weighted by Gasteiger charge is 2.09. The van der Waals surface area contributed by atoms with Crippen LogP contribution in [0.1, 0.15) is 0 Å². The largest absolute Gasteiger partial charge is 0.351 e. The van der Waals surface area contributed by atoms with Gasteiger partial charge < -0.3 is 4.98 Å². The van der Waals surface area contributed by atoms with Gasteiger partial charge in [-0.25, -0.2) is 0 Å². The second-order valence-electron chi connectivity index (χ2n) is 4.42. The van der Waals surface area contributed by atoms with Crippen molar-refractivity contribution in [1.29, 1.82) is 0 Å². The first-order valence-corrected chi connectivity index (χ1v) is 7.07. The molecule has 4 rings (SSSR count). The number of hydrogen-bond donors (Lipinski definition) is 1. The van der Waals surface area contributed by atoms with Gasteiger partial charge in [0, 0.05) is 10.8 Å². The average molecular weight is 286 g/mol. The molecule has 0 saturated carbocycles. The van der Waals surface area contributed by atoms with Gasteiger partial charge in [0.05, 0.1) is 25.1 Å². The van der Waals surface area contributed by atoms with Gasteiger partial charge >= 0.3 is 0 Å². The molecule has 1 aliphatic heterocycles. The minimum absolute atomic E-state index is 0.0914. The molecule has 2 aromatic rings. The van der Waals surface area contributed by atoms with Crippen molar-refractivity contribution in [3.8, 4) is 0 Å². The highest BCUT2D eigenvalue weighted by atomic mass is 35.5. The Morgan fingerprint density at radius 2 is 1.79 bits per heavy atom. The van der Waals surface area contributed by atoms with Gasteiger partial charge in [-0.05, 0) is 12.1 Å². The second kappa shape index (κ2) is 3.83. The fraction of sp³-hybridized carbons (Fsp3) is 0. The number of hydrogen-bond acceptors (Lipinski definition) is 2. The summed E-state index contributed by atoms with van der Waals surface area (Å²) in [4.78, 5) is 15.7. The molecule has 92 valence electrons. The van der Waals surface area contributed by atoms with E-state index in [1.165, 1.54) is 11.3 Å². The van der Waals surface area contributed by atoms with E-state index in [9.17, 15) is 4.79 Å². The van der Waals surface area contributed by atoms with Crippen LogP contribution < -0.4 is 5.43 Å². The summed E-state index contributed by atoms with van der Waals surface area (Å²) < 4.78 is 1.75. The number of fused-ring (bicyclic) bond motifs is 3. The molecule has 2 aromatic carbocycles. The van der Waals surface area contributed by atoms with Gasteiger partial charge in [-0.15, -0.1) is 11.3 Å². The SMILES string of the molecule is O=c1c2sc3cccc(Cl)c3[nH]c=2c2ccccc12. The molecule has 2 nitrogen and oxygen atoms in total. The summed E-state index contributed by atoms with van der Waals surface area (Å²) in [5, 5.41) is 3.27. The third-order valence-corrected chi connectivity index (χ3v) is 4.78. The van der Waals surface area contributed by atoms with E-state index >= 15 is 0 Å². The average Bonchev–Trinajstić information content (AvgIpc) is 2.72. The molecule has 0 bridgehead atoms. The summed E-state index contributed by atoms with van der Waals surface area (Å²) in [6.07, 6.45) is 0. The van der Waals surface area contributed by atoms with E-state index in [2.05, 4.69) is 4.98 Å². The van der Waals surface area contributed by atoms with Crippen LogP contribution in [0.3, 0.4) is 0 Å². The van der Waals surface area contributed by atoms with Crippen molar-refractivity contribution in [2.45, 2.75) is 0 Å². The van der Waals surface area contributed by atoms with Gasteiger partial charge in [-0.2, -0.15) is 0 Å². The van der Waals surface area contributed by atoms with Crippen LogP contribution >= 0.6 is 22.9 Å². The van der Waals surface area contributed by atoms with Crippen molar-refractivity contribution in [1.82, 2.24) is 4.98 Å². The van der Waals surface area contributed by atoms with Crippen molar-refractivity contribution < 1.29 is 0 Å². The number of aromatic amines is 1. The lowest BCUT2D eigenvalue weighted by molar-refractivity contribution is 1.36. The Labute approximate surface area is 116 Å². The van der Waals surface area contributed by atoms with E-state index < -0.39 is 0 Å². The number of benzene rings is 2. The van der Waals surface area contributed by atoms with Crippen LogP contribution in [0.15, 0.2) is 47.3 Å². The Morgan fingerprint density at radius 3 is 2.63 bits per heavy atom. The van der Waals surface area contributed by atoms with Gasteiger partial charge in [-0.1, -0.05) is 41.9 Å². The standard InChI is InChI=1S/C15H8ClNOS/c16-10-6-3-7-11-13(10)17-12-8-4-1-2-5-9(8)14(18)15(12)19-11/h1-7,17H. The van der Waals surface area contributed by atoms with Gasteiger partial charge in [0.15, 0.2) is 0 Å². The lowest BCUT2D eigenvalue weighted by atomic mass is 10.2. The Kier molecular flexibility index (Phi) is 2.22. The summed E-state index contributed by atoms with van der Waals surface area (Å²) in [6.45, 7) is 0. The topological polar surface area (TPSA) is 32.9 Å². The predicted octanol–water partition coefficient (Wildman–Crippen LogP) is 4.12. The summed E-state index contributed by atoms with van der Waals surface area (Å²) in [5.74, 6) is 0. The molecule has 0 aromatic heterocycles. The van der Waals surface area contributed by atoms with Gasteiger partial charge in [0.1, 0.15) is 0 Å². The van der Waals surface area contributed by atoms with E-state index in [0.29, 0.717) is 5.02 Å². The molecule has 0 unspecified atom stereocenters. The molecule has 1 N–H and O–H groups in total. The molecule has 1 heterocycles. The fourth-order valence-corrected chi connectivity index (χ4v) is 3.80. The van der Waals surface area contributed by atoms with Crippen LogP contribution in [0.2, 0.25) is 5.02 Å². The molecular weight excluding hydrogens is 278 g/mol. The monoisotopic (exact) mass is 285 g/mol. The van der Waals surface area contributed by atoms with Crippen LogP contribution in [-0.2, 0) is 0 Å². The van der Waals surface area contributed by atoms with Crippen molar-refractivity contribution in [2.75, 3.05) is 0 Å². The number of halogens is 1. The Morgan fingerprint density at radius 1 is 1.00 bits per heavy atom. The molecule has 19 heavy (non-hydrogen) atoms. The smallest absolute Gasteiger partial charge is 0.205 e. The molecular formula is C15H8ClNOS. The van der Waals surface area contributed by atoms with Gasteiger partial charge in [-0.3, -0.25) is 4.79 Å². The normalized spacial score (nSPS) is 11.6. The number of rotatable bonds is 0. The number of nitrogens with one attached hydrogen (secondary N) is 1. The first-order valence-electron chi connectivity index (χ1n) is 5.87. The lowest BCUT2D eigenvalue weighted by Crippen LogP contribution is -1.94. The number of aromatic nitrogens is 1. The minimum atomic E-state index is 0.0914. The molecule has 2 aliphatic rings.